The van der Waals surface area contributed by atoms with Crippen LogP contribution in [0.2, 0.25) is 0 Å². The maximum Gasteiger partial charge on any atom is 0.321 e. The lowest BCUT2D eigenvalue weighted by atomic mass is 10.0. The Kier molecular flexibility index (Phi) is 7.75. The minimum Gasteiger partial charge on any atom is -0.351 e. The van der Waals surface area contributed by atoms with Gasteiger partial charge in [0.2, 0.25) is 11.8 Å². The Morgan fingerprint density at radius 1 is 0.969 bits per heavy atom. The minimum atomic E-state index is -0.780. The van der Waals surface area contributed by atoms with E-state index in [1.807, 2.05) is 0 Å². The monoisotopic (exact) mass is 444 g/mol. The molecule has 1 saturated heterocycles. The lowest BCUT2D eigenvalue weighted by Crippen LogP contribution is -2.53. The third-order valence-corrected chi connectivity index (χ3v) is 5.27. The first-order chi connectivity index (χ1) is 15.3. The number of benzene rings is 2. The Labute approximate surface area is 185 Å². The predicted molar refractivity (Wildman–Crippen MR) is 116 cm³/mol. The van der Waals surface area contributed by atoms with Gasteiger partial charge in [-0.1, -0.05) is 12.1 Å². The molecule has 1 aliphatic heterocycles. The second-order valence-electron chi connectivity index (χ2n) is 7.79. The smallest absolute Gasteiger partial charge is 0.321 e. The fourth-order valence-corrected chi connectivity index (χ4v) is 3.58. The molecular formula is C23H26F2N4O3. The molecule has 170 valence electrons. The highest BCUT2D eigenvalue weighted by atomic mass is 19.1. The van der Waals surface area contributed by atoms with Crippen LogP contribution >= 0.6 is 0 Å². The van der Waals surface area contributed by atoms with Crippen LogP contribution in [0.5, 0.6) is 0 Å². The third kappa shape index (κ3) is 6.76. The molecule has 0 aliphatic carbocycles. The van der Waals surface area contributed by atoms with Gasteiger partial charge in [-0.15, -0.1) is 0 Å². The van der Waals surface area contributed by atoms with Crippen LogP contribution in [-0.2, 0) is 16.0 Å². The van der Waals surface area contributed by atoms with Crippen molar-refractivity contribution in [2.75, 3.05) is 18.4 Å². The molecule has 0 bridgehead atoms. The summed E-state index contributed by atoms with van der Waals surface area (Å²) in [4.78, 5) is 38.4. The predicted octanol–water partition coefficient (Wildman–Crippen LogP) is 2.82. The summed E-state index contributed by atoms with van der Waals surface area (Å²) in [6, 6.07) is 10.1. The Morgan fingerprint density at radius 3 is 2.09 bits per heavy atom. The van der Waals surface area contributed by atoms with Crippen molar-refractivity contribution in [1.82, 2.24) is 15.5 Å². The topological polar surface area (TPSA) is 90.5 Å². The standard InChI is InChI=1S/C23H26F2N4O3/c1-15(30)26-21(14-16-2-4-17(24)5-3-16)22(31)27-20-10-12-29(13-11-20)23(32)28-19-8-6-18(25)7-9-19/h2-9,20-21H,10-14H2,1H3,(H,26,30)(H,27,31)(H,28,32). The molecule has 1 unspecified atom stereocenters. The molecule has 0 saturated carbocycles. The quantitative estimate of drug-likeness (QED) is 0.640. The molecule has 1 aliphatic rings. The van der Waals surface area contributed by atoms with E-state index in [2.05, 4.69) is 16.0 Å². The number of amides is 4. The van der Waals surface area contributed by atoms with E-state index in [4.69, 9.17) is 0 Å². The highest BCUT2D eigenvalue weighted by molar-refractivity contribution is 5.89. The first-order valence-corrected chi connectivity index (χ1v) is 10.4. The number of hydrogen-bond donors (Lipinski definition) is 3. The fraction of sp³-hybridized carbons (Fsp3) is 0.348. The number of halogens is 2. The van der Waals surface area contributed by atoms with Crippen LogP contribution in [0.3, 0.4) is 0 Å². The van der Waals surface area contributed by atoms with E-state index in [1.54, 1.807) is 17.0 Å². The van der Waals surface area contributed by atoms with Crippen LogP contribution in [-0.4, -0.2) is 47.9 Å². The van der Waals surface area contributed by atoms with Crippen LogP contribution in [0, 0.1) is 11.6 Å². The Bertz CT molecular complexity index is 943. The maximum absolute atomic E-state index is 13.1. The zero-order chi connectivity index (χ0) is 23.1. The van der Waals surface area contributed by atoms with Crippen LogP contribution in [0.1, 0.15) is 25.3 Å². The van der Waals surface area contributed by atoms with Gasteiger partial charge in [0.1, 0.15) is 17.7 Å². The highest BCUT2D eigenvalue weighted by Crippen LogP contribution is 2.15. The number of nitrogens with zero attached hydrogens (tertiary/aromatic N) is 1. The molecule has 2 aromatic carbocycles. The molecule has 0 spiro atoms. The van der Waals surface area contributed by atoms with Gasteiger partial charge in [-0.3, -0.25) is 9.59 Å². The van der Waals surface area contributed by atoms with Gasteiger partial charge in [0.25, 0.3) is 0 Å². The van der Waals surface area contributed by atoms with Gasteiger partial charge in [-0.25, -0.2) is 13.6 Å². The molecule has 3 rings (SSSR count). The van der Waals surface area contributed by atoms with Crippen molar-refractivity contribution in [1.29, 1.82) is 0 Å². The Balaban J connectivity index is 1.50. The molecule has 1 fully saturated rings. The number of rotatable bonds is 6. The van der Waals surface area contributed by atoms with Crippen molar-refractivity contribution in [2.45, 2.75) is 38.3 Å². The normalized spacial score (nSPS) is 15.0. The summed E-state index contributed by atoms with van der Waals surface area (Å²) in [5.74, 6) is -1.40. The van der Waals surface area contributed by atoms with Crippen LogP contribution in [0.15, 0.2) is 48.5 Å². The number of urea groups is 1. The SMILES string of the molecule is CC(=O)NC(Cc1ccc(F)cc1)C(=O)NC1CCN(C(=O)Nc2ccc(F)cc2)CC1. The highest BCUT2D eigenvalue weighted by Gasteiger charge is 2.27. The van der Waals surface area contributed by atoms with E-state index in [1.165, 1.54) is 43.3 Å². The first kappa shape index (κ1) is 23.2. The average Bonchev–Trinajstić information content (AvgIpc) is 2.76. The molecule has 0 radical (unpaired) electrons. The van der Waals surface area contributed by atoms with E-state index in [-0.39, 0.29) is 41.9 Å². The van der Waals surface area contributed by atoms with E-state index in [9.17, 15) is 23.2 Å². The van der Waals surface area contributed by atoms with Crippen molar-refractivity contribution in [3.05, 3.63) is 65.7 Å². The van der Waals surface area contributed by atoms with Gasteiger partial charge < -0.3 is 20.9 Å². The van der Waals surface area contributed by atoms with Crippen LogP contribution in [0.25, 0.3) is 0 Å². The Morgan fingerprint density at radius 2 is 1.53 bits per heavy atom. The van der Waals surface area contributed by atoms with Gasteiger partial charge >= 0.3 is 6.03 Å². The zero-order valence-corrected chi connectivity index (χ0v) is 17.7. The third-order valence-electron chi connectivity index (χ3n) is 5.27. The van der Waals surface area contributed by atoms with Crippen LogP contribution < -0.4 is 16.0 Å². The summed E-state index contributed by atoms with van der Waals surface area (Å²) in [6.07, 6.45) is 1.36. The minimum absolute atomic E-state index is 0.137. The molecule has 0 aromatic heterocycles. The van der Waals surface area contributed by atoms with Crippen molar-refractivity contribution < 1.29 is 23.2 Å². The number of nitrogens with one attached hydrogen (secondary N) is 3. The van der Waals surface area contributed by atoms with Gasteiger partial charge in [0, 0.05) is 38.2 Å². The number of hydrogen-bond acceptors (Lipinski definition) is 3. The number of anilines is 1. The molecule has 1 heterocycles. The van der Waals surface area contributed by atoms with Gasteiger partial charge in [0.05, 0.1) is 0 Å². The summed E-state index contributed by atoms with van der Waals surface area (Å²) in [5.41, 5.74) is 1.23. The number of carbonyl (C=O) groups is 3. The number of piperidine rings is 1. The van der Waals surface area contributed by atoms with Gasteiger partial charge in [0.15, 0.2) is 0 Å². The lowest BCUT2D eigenvalue weighted by molar-refractivity contribution is -0.128. The molecule has 1 atom stereocenters. The Hall–Kier alpha value is -3.49. The number of carbonyl (C=O) groups excluding carboxylic acids is 3. The molecule has 7 nitrogen and oxygen atoms in total. The summed E-state index contributed by atoms with van der Waals surface area (Å²) in [5, 5.41) is 8.31. The van der Waals surface area contributed by atoms with Crippen molar-refractivity contribution in [2.24, 2.45) is 0 Å². The van der Waals surface area contributed by atoms with E-state index >= 15 is 0 Å². The maximum atomic E-state index is 13.1. The van der Waals surface area contributed by atoms with Crippen molar-refractivity contribution >= 4 is 23.5 Å². The van der Waals surface area contributed by atoms with Crippen molar-refractivity contribution in [3.8, 4) is 0 Å². The molecule has 32 heavy (non-hydrogen) atoms. The van der Waals surface area contributed by atoms with Crippen molar-refractivity contribution in [3.63, 3.8) is 0 Å². The van der Waals surface area contributed by atoms with Gasteiger partial charge in [-0.05, 0) is 54.8 Å². The van der Waals surface area contributed by atoms with E-state index in [0.29, 0.717) is 31.6 Å². The number of likely N-dealkylation sites (tertiary alicyclic amines) is 1. The summed E-state index contributed by atoms with van der Waals surface area (Å²) in [7, 11) is 0. The molecule has 2 aromatic rings. The summed E-state index contributed by atoms with van der Waals surface area (Å²) < 4.78 is 26.1. The van der Waals surface area contributed by atoms with Gasteiger partial charge in [-0.2, -0.15) is 0 Å². The second kappa shape index (κ2) is 10.7. The lowest BCUT2D eigenvalue weighted by Gasteiger charge is -2.33. The fourth-order valence-electron chi connectivity index (χ4n) is 3.58. The largest absolute Gasteiger partial charge is 0.351 e. The summed E-state index contributed by atoms with van der Waals surface area (Å²) in [6.45, 7) is 2.23. The van der Waals surface area contributed by atoms with Crippen LogP contribution in [0.4, 0.5) is 19.3 Å². The average molecular weight is 444 g/mol. The second-order valence-corrected chi connectivity index (χ2v) is 7.79. The zero-order valence-electron chi connectivity index (χ0n) is 17.7. The molecule has 4 amide bonds. The van der Waals surface area contributed by atoms with E-state index in [0.717, 1.165) is 5.56 Å². The molecular weight excluding hydrogens is 418 g/mol. The first-order valence-electron chi connectivity index (χ1n) is 10.4. The molecule has 9 heteroatoms. The summed E-state index contributed by atoms with van der Waals surface area (Å²) >= 11 is 0. The molecule has 3 N–H and O–H groups in total. The van der Waals surface area contributed by atoms with E-state index < -0.39 is 6.04 Å².